The van der Waals surface area contributed by atoms with E-state index in [0.717, 1.165) is 0 Å². The van der Waals surface area contributed by atoms with Gasteiger partial charge in [-0.1, -0.05) is 23.7 Å². The fraction of sp³-hybridized carbons (Fsp3) is 0.143. The zero-order chi connectivity index (χ0) is 23.4. The van der Waals surface area contributed by atoms with Crippen molar-refractivity contribution < 1.29 is 38.9 Å². The monoisotopic (exact) mass is 477 g/mol. The van der Waals surface area contributed by atoms with Gasteiger partial charge in [0.05, 0.1) is 22.6 Å². The maximum Gasteiger partial charge on any atom is 0.335 e. The molecule has 0 atom stereocenters. The van der Waals surface area contributed by atoms with Gasteiger partial charge in [0.2, 0.25) is 0 Å². The van der Waals surface area contributed by atoms with E-state index in [9.17, 15) is 19.2 Å². The van der Waals surface area contributed by atoms with E-state index in [0.29, 0.717) is 27.8 Å². The van der Waals surface area contributed by atoms with E-state index >= 15 is 0 Å². The van der Waals surface area contributed by atoms with Gasteiger partial charge in [-0.3, -0.25) is 19.3 Å². The molecule has 0 aliphatic carbocycles. The third-order valence-electron chi connectivity index (χ3n) is 4.27. The van der Waals surface area contributed by atoms with Crippen LogP contribution in [0.25, 0.3) is 6.08 Å². The van der Waals surface area contributed by atoms with Crippen molar-refractivity contribution in [3.8, 4) is 11.5 Å². The number of aliphatic carboxylic acids is 1. The maximum absolute atomic E-state index is 12.3. The van der Waals surface area contributed by atoms with Gasteiger partial charge < -0.3 is 19.7 Å². The molecule has 2 aromatic rings. The van der Waals surface area contributed by atoms with E-state index in [1.165, 1.54) is 31.4 Å². The molecule has 32 heavy (non-hydrogen) atoms. The molecule has 1 saturated heterocycles. The number of carbonyl (C=O) groups excluding carboxylic acids is 2. The van der Waals surface area contributed by atoms with E-state index in [-0.39, 0.29) is 33.6 Å². The Morgan fingerprint density at radius 1 is 1.19 bits per heavy atom. The number of ether oxygens (including phenoxy) is 2. The first kappa shape index (κ1) is 23.2. The maximum atomic E-state index is 12.3. The van der Waals surface area contributed by atoms with E-state index in [1.807, 2.05) is 0 Å². The molecule has 1 fully saturated rings. The minimum atomic E-state index is -1.30. The summed E-state index contributed by atoms with van der Waals surface area (Å²) in [6, 6.07) is 9.28. The summed E-state index contributed by atoms with van der Waals surface area (Å²) >= 11 is 6.96. The Hall–Kier alpha value is -3.50. The highest BCUT2D eigenvalue weighted by Crippen LogP contribution is 2.39. The lowest BCUT2D eigenvalue weighted by atomic mass is 10.1. The Morgan fingerprint density at radius 2 is 1.94 bits per heavy atom. The molecule has 2 aromatic carbocycles. The lowest BCUT2D eigenvalue weighted by molar-refractivity contribution is -0.140. The average molecular weight is 478 g/mol. The highest BCUT2D eigenvalue weighted by atomic mass is 35.5. The summed E-state index contributed by atoms with van der Waals surface area (Å²) in [4.78, 5) is 46.9. The second-order valence-electron chi connectivity index (χ2n) is 6.49. The molecule has 2 amide bonds. The van der Waals surface area contributed by atoms with Gasteiger partial charge in [-0.05, 0) is 53.2 Å². The SMILES string of the molecule is COc1cc(/C=C2/SC(=O)N(CC(=O)O)C2=O)cc(Cl)c1OCc1cccc(C(=O)O)c1. The Morgan fingerprint density at radius 3 is 2.59 bits per heavy atom. The number of hydrogen-bond acceptors (Lipinski definition) is 7. The van der Waals surface area contributed by atoms with Crippen molar-refractivity contribution in [1.29, 1.82) is 0 Å². The number of halogens is 1. The molecule has 1 heterocycles. The lowest BCUT2D eigenvalue weighted by Crippen LogP contribution is -2.33. The molecule has 0 radical (unpaired) electrons. The molecule has 11 heteroatoms. The molecule has 3 rings (SSSR count). The first-order valence-corrected chi connectivity index (χ1v) is 10.2. The van der Waals surface area contributed by atoms with Crippen LogP contribution in [0.3, 0.4) is 0 Å². The third-order valence-corrected chi connectivity index (χ3v) is 5.46. The van der Waals surface area contributed by atoms with Crippen LogP contribution in [0.15, 0.2) is 41.3 Å². The quantitative estimate of drug-likeness (QED) is 0.545. The minimum absolute atomic E-state index is 0.0324. The minimum Gasteiger partial charge on any atom is -0.493 e. The zero-order valence-electron chi connectivity index (χ0n) is 16.5. The number of carboxylic acids is 2. The standard InChI is InChI=1S/C21H16ClNO8S/c1-30-15-7-12(8-16-19(26)23(9-17(24)25)21(29)32-16)6-14(22)18(15)31-10-11-3-2-4-13(5-11)20(27)28/h2-8H,9-10H2,1H3,(H,24,25)(H,27,28)/b16-8+. The Balaban J connectivity index is 1.82. The zero-order valence-corrected chi connectivity index (χ0v) is 18.1. The summed E-state index contributed by atoms with van der Waals surface area (Å²) in [6.45, 7) is -0.688. The van der Waals surface area contributed by atoms with Crippen molar-refractivity contribution in [2.24, 2.45) is 0 Å². The normalized spacial score (nSPS) is 14.7. The number of rotatable bonds is 8. The fourth-order valence-corrected chi connectivity index (χ4v) is 3.95. The van der Waals surface area contributed by atoms with Crippen molar-refractivity contribution in [2.45, 2.75) is 6.61 Å². The first-order chi connectivity index (χ1) is 15.2. The number of carbonyl (C=O) groups is 4. The predicted octanol–water partition coefficient (Wildman–Crippen LogP) is 3.75. The Bertz CT molecular complexity index is 1150. The number of hydrogen-bond donors (Lipinski definition) is 2. The van der Waals surface area contributed by atoms with Gasteiger partial charge in [0, 0.05) is 0 Å². The molecule has 0 unspecified atom stereocenters. The molecule has 166 valence electrons. The van der Waals surface area contributed by atoms with Crippen LogP contribution < -0.4 is 9.47 Å². The van der Waals surface area contributed by atoms with E-state index in [2.05, 4.69) is 0 Å². The summed E-state index contributed by atoms with van der Waals surface area (Å²) in [5.74, 6) is -2.60. The fourth-order valence-electron chi connectivity index (χ4n) is 2.84. The molecule has 1 aliphatic heterocycles. The molecule has 0 spiro atoms. The number of aromatic carboxylic acids is 1. The smallest absolute Gasteiger partial charge is 0.335 e. The highest BCUT2D eigenvalue weighted by Gasteiger charge is 2.36. The van der Waals surface area contributed by atoms with Gasteiger partial charge in [-0.15, -0.1) is 0 Å². The number of nitrogens with zero attached hydrogens (tertiary/aromatic N) is 1. The van der Waals surface area contributed by atoms with Gasteiger partial charge >= 0.3 is 11.9 Å². The van der Waals surface area contributed by atoms with Crippen molar-refractivity contribution in [1.82, 2.24) is 4.90 Å². The van der Waals surface area contributed by atoms with Crippen LogP contribution in [0, 0.1) is 0 Å². The van der Waals surface area contributed by atoms with Crippen LogP contribution >= 0.6 is 23.4 Å². The number of imide groups is 1. The first-order valence-electron chi connectivity index (χ1n) is 8.99. The van der Waals surface area contributed by atoms with Crippen molar-refractivity contribution >= 4 is 52.5 Å². The van der Waals surface area contributed by atoms with Gasteiger partial charge in [0.15, 0.2) is 11.5 Å². The summed E-state index contributed by atoms with van der Waals surface area (Å²) in [7, 11) is 1.40. The molecular weight excluding hydrogens is 462 g/mol. The third kappa shape index (κ3) is 5.21. The largest absolute Gasteiger partial charge is 0.493 e. The number of amides is 2. The molecule has 0 aromatic heterocycles. The average Bonchev–Trinajstić information content (AvgIpc) is 2.99. The topological polar surface area (TPSA) is 130 Å². The molecule has 0 saturated carbocycles. The van der Waals surface area contributed by atoms with Crippen LogP contribution in [-0.2, 0) is 16.2 Å². The van der Waals surface area contributed by atoms with Crippen LogP contribution in [0.4, 0.5) is 4.79 Å². The van der Waals surface area contributed by atoms with Crippen LogP contribution in [0.5, 0.6) is 11.5 Å². The Labute approximate surface area is 191 Å². The second-order valence-corrected chi connectivity index (χ2v) is 7.89. The number of carboxylic acid groups (broad SMARTS) is 2. The van der Waals surface area contributed by atoms with Crippen molar-refractivity contribution in [3.63, 3.8) is 0 Å². The molecule has 1 aliphatic rings. The molecule has 9 nitrogen and oxygen atoms in total. The molecular formula is C21H16ClNO8S. The molecule has 0 bridgehead atoms. The predicted molar refractivity (Wildman–Crippen MR) is 116 cm³/mol. The second kappa shape index (κ2) is 9.75. The van der Waals surface area contributed by atoms with E-state index in [1.54, 1.807) is 18.2 Å². The summed E-state index contributed by atoms with van der Waals surface area (Å²) in [6.07, 6.45) is 1.40. The van der Waals surface area contributed by atoms with Crippen molar-refractivity contribution in [3.05, 3.63) is 63.0 Å². The summed E-state index contributed by atoms with van der Waals surface area (Å²) in [5.41, 5.74) is 1.17. The van der Waals surface area contributed by atoms with Crippen LogP contribution in [0.1, 0.15) is 21.5 Å². The lowest BCUT2D eigenvalue weighted by Gasteiger charge is -2.14. The Kier molecular flexibility index (Phi) is 7.06. The van der Waals surface area contributed by atoms with Gasteiger partial charge in [-0.25, -0.2) is 4.79 Å². The van der Waals surface area contributed by atoms with E-state index in [4.69, 9.17) is 31.3 Å². The van der Waals surface area contributed by atoms with Gasteiger partial charge in [0.1, 0.15) is 13.2 Å². The summed E-state index contributed by atoms with van der Waals surface area (Å²) in [5, 5.41) is 17.4. The van der Waals surface area contributed by atoms with Crippen molar-refractivity contribution in [2.75, 3.05) is 13.7 Å². The number of methoxy groups -OCH3 is 1. The number of benzene rings is 2. The van der Waals surface area contributed by atoms with E-state index < -0.39 is 29.6 Å². The van der Waals surface area contributed by atoms with Gasteiger partial charge in [0.25, 0.3) is 11.1 Å². The van der Waals surface area contributed by atoms with Crippen LogP contribution in [-0.4, -0.2) is 51.9 Å². The van der Waals surface area contributed by atoms with Gasteiger partial charge in [-0.2, -0.15) is 0 Å². The highest BCUT2D eigenvalue weighted by molar-refractivity contribution is 8.18. The van der Waals surface area contributed by atoms with Crippen LogP contribution in [0.2, 0.25) is 5.02 Å². The summed E-state index contributed by atoms with van der Waals surface area (Å²) < 4.78 is 11.1. The number of thioether (sulfide) groups is 1. The molecule has 2 N–H and O–H groups in total.